The maximum absolute atomic E-state index is 11.5. The first-order valence-electron chi connectivity index (χ1n) is 7.20. The molecule has 0 aliphatic rings. The van der Waals surface area contributed by atoms with Crippen LogP contribution in [0.2, 0.25) is 0 Å². The Morgan fingerprint density at radius 2 is 2.15 bits per heavy atom. The normalized spacial score (nSPS) is 10.7. The lowest BCUT2D eigenvalue weighted by Crippen LogP contribution is -2.27. The van der Waals surface area contributed by atoms with Gasteiger partial charge in [0.25, 0.3) is 0 Å². The summed E-state index contributed by atoms with van der Waals surface area (Å²) in [6, 6.07) is 6.11. The molecule has 112 valence electrons. The summed E-state index contributed by atoms with van der Waals surface area (Å²) in [6.45, 7) is 7.59. The molecule has 0 atom stereocenters. The van der Waals surface area contributed by atoms with Gasteiger partial charge in [0.1, 0.15) is 5.75 Å². The predicted octanol–water partition coefficient (Wildman–Crippen LogP) is 3.94. The van der Waals surface area contributed by atoms with Crippen LogP contribution in [0.15, 0.2) is 22.7 Å². The van der Waals surface area contributed by atoms with Crippen molar-refractivity contribution in [2.45, 2.75) is 40.0 Å². The summed E-state index contributed by atoms with van der Waals surface area (Å²) in [5.74, 6) is 1.43. The van der Waals surface area contributed by atoms with Crippen molar-refractivity contribution in [2.75, 3.05) is 13.2 Å². The zero-order valence-electron chi connectivity index (χ0n) is 12.5. The van der Waals surface area contributed by atoms with Gasteiger partial charge in [-0.3, -0.25) is 4.79 Å². The van der Waals surface area contributed by atoms with Crippen LogP contribution in [0.5, 0.6) is 5.75 Å². The Hall–Kier alpha value is -1.03. The highest BCUT2D eigenvalue weighted by atomic mass is 79.9. The minimum atomic E-state index is 0.0997. The monoisotopic (exact) mass is 341 g/mol. The highest BCUT2D eigenvalue weighted by molar-refractivity contribution is 9.10. The lowest BCUT2D eigenvalue weighted by molar-refractivity contribution is -0.121. The van der Waals surface area contributed by atoms with Crippen molar-refractivity contribution in [2.24, 2.45) is 5.92 Å². The molecule has 20 heavy (non-hydrogen) atoms. The van der Waals surface area contributed by atoms with E-state index >= 15 is 0 Å². The Balaban J connectivity index is 2.26. The van der Waals surface area contributed by atoms with Gasteiger partial charge in [-0.05, 0) is 52.4 Å². The van der Waals surface area contributed by atoms with E-state index in [2.05, 4.69) is 54.2 Å². The number of hydrogen-bond acceptors (Lipinski definition) is 2. The molecule has 1 aromatic rings. The van der Waals surface area contributed by atoms with Gasteiger partial charge in [-0.2, -0.15) is 0 Å². The van der Waals surface area contributed by atoms with Crippen molar-refractivity contribution < 1.29 is 9.53 Å². The Morgan fingerprint density at radius 3 is 2.75 bits per heavy atom. The average molecular weight is 342 g/mol. The summed E-state index contributed by atoms with van der Waals surface area (Å²) in [5, 5.41) is 2.90. The molecule has 0 saturated carbocycles. The van der Waals surface area contributed by atoms with Gasteiger partial charge in [0.15, 0.2) is 0 Å². The minimum absolute atomic E-state index is 0.0997. The molecule has 1 rings (SSSR count). The van der Waals surface area contributed by atoms with Crippen molar-refractivity contribution in [1.29, 1.82) is 0 Å². The molecule has 0 fully saturated rings. The molecule has 3 nitrogen and oxygen atoms in total. The Bertz CT molecular complexity index is 432. The lowest BCUT2D eigenvalue weighted by Gasteiger charge is -2.10. The van der Waals surface area contributed by atoms with E-state index < -0.39 is 0 Å². The third-order valence-electron chi connectivity index (χ3n) is 2.92. The Kier molecular flexibility index (Phi) is 7.67. The van der Waals surface area contributed by atoms with E-state index in [1.807, 2.05) is 6.07 Å². The SMILES string of the molecule is CCc1ccc(OCCCC(=O)NCC(C)C)c(Br)c1. The van der Waals surface area contributed by atoms with Crippen molar-refractivity contribution >= 4 is 21.8 Å². The minimum Gasteiger partial charge on any atom is -0.492 e. The molecule has 0 spiro atoms. The summed E-state index contributed by atoms with van der Waals surface area (Å²) in [5.41, 5.74) is 1.28. The molecular formula is C16H24BrNO2. The van der Waals surface area contributed by atoms with Gasteiger partial charge < -0.3 is 10.1 Å². The van der Waals surface area contributed by atoms with Crippen molar-refractivity contribution in [1.82, 2.24) is 5.32 Å². The molecule has 0 unspecified atom stereocenters. The van der Waals surface area contributed by atoms with Crippen molar-refractivity contribution in [3.05, 3.63) is 28.2 Å². The molecule has 0 heterocycles. The van der Waals surface area contributed by atoms with Crippen LogP contribution in [-0.2, 0) is 11.2 Å². The number of aryl methyl sites for hydroxylation is 1. The van der Waals surface area contributed by atoms with Crippen LogP contribution in [0, 0.1) is 5.92 Å². The Labute approximate surface area is 130 Å². The third kappa shape index (κ3) is 6.42. The molecule has 1 N–H and O–H groups in total. The number of amides is 1. The molecule has 0 saturated heterocycles. The molecule has 0 aliphatic carbocycles. The van der Waals surface area contributed by atoms with Crippen LogP contribution >= 0.6 is 15.9 Å². The largest absolute Gasteiger partial charge is 0.492 e. The molecule has 0 radical (unpaired) electrons. The number of hydrogen-bond donors (Lipinski definition) is 1. The second kappa shape index (κ2) is 9.01. The number of halogens is 1. The summed E-state index contributed by atoms with van der Waals surface area (Å²) >= 11 is 3.51. The molecule has 0 aromatic heterocycles. The Morgan fingerprint density at radius 1 is 1.40 bits per heavy atom. The van der Waals surface area contributed by atoms with Crippen LogP contribution in [0.25, 0.3) is 0 Å². The third-order valence-corrected chi connectivity index (χ3v) is 3.54. The summed E-state index contributed by atoms with van der Waals surface area (Å²) in [7, 11) is 0. The summed E-state index contributed by atoms with van der Waals surface area (Å²) in [4.78, 5) is 11.5. The molecular weight excluding hydrogens is 318 g/mol. The van der Waals surface area contributed by atoms with Gasteiger partial charge >= 0.3 is 0 Å². The van der Waals surface area contributed by atoms with E-state index in [9.17, 15) is 4.79 Å². The maximum Gasteiger partial charge on any atom is 0.220 e. The van der Waals surface area contributed by atoms with E-state index in [1.54, 1.807) is 0 Å². The van der Waals surface area contributed by atoms with Crippen molar-refractivity contribution in [3.8, 4) is 5.75 Å². The topological polar surface area (TPSA) is 38.3 Å². The first-order chi connectivity index (χ1) is 9.52. The number of nitrogens with one attached hydrogen (secondary N) is 1. The highest BCUT2D eigenvalue weighted by Gasteiger charge is 2.04. The number of benzene rings is 1. The van der Waals surface area contributed by atoms with Gasteiger partial charge in [0, 0.05) is 13.0 Å². The fourth-order valence-corrected chi connectivity index (χ4v) is 2.24. The molecule has 4 heteroatoms. The summed E-state index contributed by atoms with van der Waals surface area (Å²) < 4.78 is 6.66. The molecule has 1 amide bonds. The van der Waals surface area contributed by atoms with Crippen LogP contribution in [-0.4, -0.2) is 19.1 Å². The van der Waals surface area contributed by atoms with Crippen LogP contribution < -0.4 is 10.1 Å². The zero-order chi connectivity index (χ0) is 15.0. The second-order valence-corrected chi connectivity index (χ2v) is 6.12. The van der Waals surface area contributed by atoms with E-state index in [1.165, 1.54) is 5.56 Å². The fourth-order valence-electron chi connectivity index (χ4n) is 1.70. The zero-order valence-corrected chi connectivity index (χ0v) is 14.1. The van der Waals surface area contributed by atoms with Crippen LogP contribution in [0.1, 0.15) is 39.2 Å². The van der Waals surface area contributed by atoms with E-state index in [-0.39, 0.29) is 5.91 Å². The summed E-state index contributed by atoms with van der Waals surface area (Å²) in [6.07, 6.45) is 2.25. The van der Waals surface area contributed by atoms with Crippen LogP contribution in [0.4, 0.5) is 0 Å². The van der Waals surface area contributed by atoms with E-state index in [0.29, 0.717) is 18.9 Å². The quantitative estimate of drug-likeness (QED) is 0.727. The second-order valence-electron chi connectivity index (χ2n) is 5.27. The maximum atomic E-state index is 11.5. The van der Waals surface area contributed by atoms with Gasteiger partial charge in [-0.15, -0.1) is 0 Å². The first-order valence-corrected chi connectivity index (χ1v) is 8.00. The number of ether oxygens (including phenoxy) is 1. The first kappa shape index (κ1) is 17.0. The molecule has 1 aromatic carbocycles. The van der Waals surface area contributed by atoms with Crippen molar-refractivity contribution in [3.63, 3.8) is 0 Å². The average Bonchev–Trinajstić information content (AvgIpc) is 2.42. The van der Waals surface area contributed by atoms with Gasteiger partial charge in [0.2, 0.25) is 5.91 Å². The fraction of sp³-hybridized carbons (Fsp3) is 0.562. The van der Waals surface area contributed by atoms with Crippen LogP contribution in [0.3, 0.4) is 0 Å². The van der Waals surface area contributed by atoms with Gasteiger partial charge in [0.05, 0.1) is 11.1 Å². The standard InChI is InChI=1S/C16H24BrNO2/c1-4-13-7-8-15(14(17)10-13)20-9-5-6-16(19)18-11-12(2)3/h7-8,10,12H,4-6,9,11H2,1-3H3,(H,18,19). The van der Waals surface area contributed by atoms with Gasteiger partial charge in [-0.1, -0.05) is 26.8 Å². The predicted molar refractivity (Wildman–Crippen MR) is 86.1 cm³/mol. The van der Waals surface area contributed by atoms with E-state index in [0.717, 1.165) is 29.6 Å². The number of carbonyl (C=O) groups is 1. The molecule has 0 aliphatic heterocycles. The van der Waals surface area contributed by atoms with Gasteiger partial charge in [-0.25, -0.2) is 0 Å². The smallest absolute Gasteiger partial charge is 0.220 e. The number of carbonyl (C=O) groups excluding carboxylic acids is 1. The lowest BCUT2D eigenvalue weighted by atomic mass is 10.2. The number of rotatable bonds is 8. The van der Waals surface area contributed by atoms with E-state index in [4.69, 9.17) is 4.74 Å². The highest BCUT2D eigenvalue weighted by Crippen LogP contribution is 2.26. The molecule has 0 bridgehead atoms.